The minimum absolute atomic E-state index is 0.000129. The van der Waals surface area contributed by atoms with Crippen molar-refractivity contribution in [3.05, 3.63) is 34.5 Å². The summed E-state index contributed by atoms with van der Waals surface area (Å²) in [6.45, 7) is 11.4. The molecule has 0 saturated heterocycles. The molecular formula is C27H41NO3S3Se. The predicted molar refractivity (Wildman–Crippen MR) is 159 cm³/mol. The summed E-state index contributed by atoms with van der Waals surface area (Å²) < 4.78 is 15.7. The number of carbonyl (C=O) groups is 1. The molecule has 1 atom stereocenters. The van der Waals surface area contributed by atoms with E-state index in [9.17, 15) is 4.79 Å². The van der Waals surface area contributed by atoms with Crippen LogP contribution >= 0.6 is 35.7 Å². The van der Waals surface area contributed by atoms with Crippen LogP contribution in [0.2, 0.25) is 5.32 Å². The van der Waals surface area contributed by atoms with Crippen LogP contribution < -0.4 is 4.46 Å². The molecular weight excluding hydrogens is 561 g/mol. The number of thioether (sulfide) groups is 2. The number of carbonyl (C=O) groups excluding carboxylic acids is 1. The minimum atomic E-state index is -0.0847. The summed E-state index contributed by atoms with van der Waals surface area (Å²) in [5, 5.41) is 2.59. The van der Waals surface area contributed by atoms with E-state index in [-0.39, 0.29) is 11.9 Å². The number of hydrogen-bond acceptors (Lipinski definition) is 6. The molecule has 0 radical (unpaired) electrons. The summed E-state index contributed by atoms with van der Waals surface area (Å²) >= 11 is 9.93. The molecule has 0 fully saturated rings. The van der Waals surface area contributed by atoms with Crippen LogP contribution in [0.15, 0.2) is 24.3 Å². The van der Waals surface area contributed by atoms with E-state index < -0.39 is 0 Å². The van der Waals surface area contributed by atoms with Crippen LogP contribution in [0.5, 0.6) is 0 Å². The van der Waals surface area contributed by atoms with Gasteiger partial charge >= 0.3 is 202 Å². The zero-order chi connectivity index (χ0) is 25.5. The van der Waals surface area contributed by atoms with Gasteiger partial charge in [-0.1, -0.05) is 13.8 Å². The summed E-state index contributed by atoms with van der Waals surface area (Å²) in [4.78, 5) is 11.6. The van der Waals surface area contributed by atoms with E-state index in [1.807, 2.05) is 25.6 Å². The molecule has 2 rings (SSSR count). The van der Waals surface area contributed by atoms with Crippen LogP contribution in [0.25, 0.3) is 10.9 Å². The Bertz CT molecular complexity index is 967. The first kappa shape index (κ1) is 30.7. The number of aromatic nitrogens is 1. The normalized spacial score (nSPS) is 12.2. The van der Waals surface area contributed by atoms with Gasteiger partial charge in [0.2, 0.25) is 0 Å². The SMILES string of the molecule is CCCn1c(=S)cc([Se]CCSCCOCCSCCOC(=O)C(C)CC)c2ccc(CC)cc21. The molecule has 0 bridgehead atoms. The van der Waals surface area contributed by atoms with Crippen LogP contribution in [0.3, 0.4) is 0 Å². The number of esters is 1. The van der Waals surface area contributed by atoms with Crippen LogP contribution in [0.4, 0.5) is 0 Å². The maximum atomic E-state index is 11.6. The van der Waals surface area contributed by atoms with Gasteiger partial charge in [-0.05, 0) is 6.42 Å². The molecule has 0 spiro atoms. The quantitative estimate of drug-likeness (QED) is 0.0881. The third-order valence-corrected chi connectivity index (χ3v) is 10.7. The first-order chi connectivity index (χ1) is 17.0. The molecule has 35 heavy (non-hydrogen) atoms. The summed E-state index contributed by atoms with van der Waals surface area (Å²) in [7, 11) is 0. The van der Waals surface area contributed by atoms with Gasteiger partial charge in [-0.25, -0.2) is 0 Å². The number of aryl methyl sites for hydroxylation is 2. The zero-order valence-electron chi connectivity index (χ0n) is 21.7. The average molecular weight is 603 g/mol. The molecule has 1 aromatic carbocycles. The van der Waals surface area contributed by atoms with E-state index in [2.05, 4.69) is 42.7 Å². The molecule has 1 aromatic heterocycles. The van der Waals surface area contributed by atoms with Crippen LogP contribution in [-0.4, -0.2) is 68.3 Å². The van der Waals surface area contributed by atoms with Gasteiger partial charge in [0, 0.05) is 0 Å². The van der Waals surface area contributed by atoms with Crippen molar-refractivity contribution in [2.45, 2.75) is 58.8 Å². The molecule has 1 heterocycles. The van der Waals surface area contributed by atoms with Crippen molar-refractivity contribution in [1.82, 2.24) is 4.57 Å². The first-order valence-electron chi connectivity index (χ1n) is 12.7. The Hall–Kier alpha value is -0.501. The molecule has 1 unspecified atom stereocenters. The van der Waals surface area contributed by atoms with E-state index >= 15 is 0 Å². The van der Waals surface area contributed by atoms with E-state index in [4.69, 9.17) is 21.7 Å². The Morgan fingerprint density at radius 3 is 2.46 bits per heavy atom. The second-order valence-corrected chi connectivity index (χ2v) is 13.6. The van der Waals surface area contributed by atoms with Gasteiger partial charge in [-0.15, -0.1) is 0 Å². The second kappa shape index (κ2) is 17.9. The van der Waals surface area contributed by atoms with Gasteiger partial charge in [0.1, 0.15) is 0 Å². The monoisotopic (exact) mass is 603 g/mol. The molecule has 4 nitrogen and oxygen atoms in total. The average Bonchev–Trinajstić information content (AvgIpc) is 2.87. The Balaban J connectivity index is 1.62. The van der Waals surface area contributed by atoms with Gasteiger partial charge in [0.15, 0.2) is 0 Å². The van der Waals surface area contributed by atoms with Crippen molar-refractivity contribution in [1.29, 1.82) is 0 Å². The summed E-state index contributed by atoms with van der Waals surface area (Å²) in [5.41, 5.74) is 2.68. The topological polar surface area (TPSA) is 40.5 Å². The number of hydrogen-bond donors (Lipinski definition) is 0. The fourth-order valence-corrected chi connectivity index (χ4v) is 8.03. The Labute approximate surface area is 231 Å². The second-order valence-electron chi connectivity index (χ2n) is 8.37. The van der Waals surface area contributed by atoms with Crippen molar-refractivity contribution in [2.75, 3.05) is 42.8 Å². The van der Waals surface area contributed by atoms with Crippen molar-refractivity contribution < 1.29 is 14.3 Å². The molecule has 0 amide bonds. The molecule has 2 aromatic rings. The maximum absolute atomic E-state index is 11.6. The number of fused-ring (bicyclic) bond motifs is 1. The third kappa shape index (κ3) is 10.8. The molecule has 0 aliphatic heterocycles. The van der Waals surface area contributed by atoms with Gasteiger partial charge in [0.25, 0.3) is 0 Å². The summed E-state index contributed by atoms with van der Waals surface area (Å²) in [5.74, 6) is 3.88. The van der Waals surface area contributed by atoms with Gasteiger partial charge < -0.3 is 0 Å². The molecule has 0 N–H and O–H groups in total. The summed E-state index contributed by atoms with van der Waals surface area (Å²) in [6.07, 6.45) is 2.97. The van der Waals surface area contributed by atoms with Crippen molar-refractivity contribution in [3.8, 4) is 0 Å². The van der Waals surface area contributed by atoms with Gasteiger partial charge in [-0.3, -0.25) is 4.79 Å². The number of rotatable bonds is 18. The van der Waals surface area contributed by atoms with Crippen molar-refractivity contribution in [2.24, 2.45) is 5.92 Å². The van der Waals surface area contributed by atoms with Crippen LogP contribution in [-0.2, 0) is 27.2 Å². The van der Waals surface area contributed by atoms with E-state index in [1.165, 1.54) is 26.2 Å². The standard InChI is InChI=1S/C27H41NO3S3Se/c1-5-10-28-24-19-22(7-3)8-9-23(24)25(20-26(28)32)35-18-17-34-15-12-30-11-14-33-16-13-31-27(29)21(4)6-2/h8-9,19-21H,5-7,10-18H2,1-4H3. The van der Waals surface area contributed by atoms with E-state index in [0.717, 1.165) is 66.7 Å². The number of ether oxygens (including phenoxy) is 2. The Morgan fingerprint density at radius 2 is 1.77 bits per heavy atom. The third-order valence-electron chi connectivity index (χ3n) is 5.71. The number of benzene rings is 1. The molecule has 196 valence electrons. The Morgan fingerprint density at radius 1 is 1.06 bits per heavy atom. The van der Waals surface area contributed by atoms with E-state index in [0.29, 0.717) is 21.6 Å². The number of nitrogens with zero attached hydrogens (tertiary/aromatic N) is 1. The van der Waals surface area contributed by atoms with Gasteiger partial charge in [-0.2, -0.15) is 0 Å². The Kier molecular flexibility index (Phi) is 15.7. The molecule has 8 heteroatoms. The van der Waals surface area contributed by atoms with Crippen molar-refractivity contribution in [3.63, 3.8) is 0 Å². The molecule has 0 aliphatic carbocycles. The summed E-state index contributed by atoms with van der Waals surface area (Å²) in [6, 6.07) is 9.16. The predicted octanol–water partition coefficient (Wildman–Crippen LogP) is 6.16. The molecule has 0 saturated carbocycles. The zero-order valence-corrected chi connectivity index (χ0v) is 25.8. The molecule has 0 aliphatic rings. The van der Waals surface area contributed by atoms with Crippen molar-refractivity contribution >= 4 is 72.0 Å². The van der Waals surface area contributed by atoms with Crippen LogP contribution in [0.1, 0.15) is 46.1 Å². The number of pyridine rings is 1. The fraction of sp³-hybridized carbons (Fsp3) is 0.630. The van der Waals surface area contributed by atoms with Gasteiger partial charge in [0.05, 0.1) is 5.92 Å². The van der Waals surface area contributed by atoms with E-state index in [1.54, 1.807) is 11.8 Å². The first-order valence-corrected chi connectivity index (χ1v) is 17.5. The fourth-order valence-electron chi connectivity index (χ4n) is 3.45. The van der Waals surface area contributed by atoms with Crippen LogP contribution in [0, 0.1) is 10.6 Å².